The summed E-state index contributed by atoms with van der Waals surface area (Å²) >= 11 is 0. The van der Waals surface area contributed by atoms with Crippen molar-refractivity contribution in [2.75, 3.05) is 11.9 Å². The molecule has 1 aromatic rings. The number of fused-ring (bicyclic) bond motifs is 1. The van der Waals surface area contributed by atoms with E-state index in [1.165, 1.54) is 5.56 Å². The van der Waals surface area contributed by atoms with E-state index in [-0.39, 0.29) is 63.6 Å². The molecular weight excluding hydrogens is 276 g/mol. The van der Waals surface area contributed by atoms with E-state index in [0.29, 0.717) is 5.75 Å². The van der Waals surface area contributed by atoms with E-state index in [9.17, 15) is 5.11 Å². The Bertz CT molecular complexity index is 387. The van der Waals surface area contributed by atoms with Gasteiger partial charge in [-0.25, -0.2) is 0 Å². The quantitative estimate of drug-likeness (QED) is 0.581. The molecule has 16 heavy (non-hydrogen) atoms. The fraction of sp³-hybridized carbons (Fsp3) is 0.500. The molecule has 0 unspecified atom stereocenters. The second kappa shape index (κ2) is 5.06. The first-order valence-electron chi connectivity index (χ1n) is 5.09. The Morgan fingerprint density at radius 2 is 1.94 bits per heavy atom. The first-order chi connectivity index (χ1) is 6.89. The largest absolute Gasteiger partial charge is 1.00 e. The van der Waals surface area contributed by atoms with Crippen LogP contribution >= 0.6 is 0 Å². The predicted octanol–water partition coefficient (Wildman–Crippen LogP) is -1.54. The van der Waals surface area contributed by atoms with E-state index in [1.54, 1.807) is 11.9 Å². The summed E-state index contributed by atoms with van der Waals surface area (Å²) in [5, 5.41) is 11.4. The maximum Gasteiger partial charge on any atom is 1.00 e. The average molecular weight is 292 g/mol. The minimum absolute atomic E-state index is 0. The van der Waals surface area contributed by atoms with Gasteiger partial charge in [0, 0.05) is 7.05 Å². The van der Waals surface area contributed by atoms with Crippen molar-refractivity contribution in [2.45, 2.75) is 32.6 Å². The molecule has 2 rings (SSSR count). The van der Waals surface area contributed by atoms with Gasteiger partial charge in [-0.1, -0.05) is 26.8 Å². The van der Waals surface area contributed by atoms with Crippen LogP contribution < -0.4 is 72.9 Å². The van der Waals surface area contributed by atoms with Crippen molar-refractivity contribution in [3.8, 4) is 5.75 Å². The van der Waals surface area contributed by atoms with Crippen molar-refractivity contribution in [1.82, 2.24) is 0 Å². The summed E-state index contributed by atoms with van der Waals surface area (Å²) in [5.74, 6) is 0.686. The maximum absolute atomic E-state index is 11.4. The molecule has 4 heteroatoms. The Labute approximate surface area is 146 Å². The van der Waals surface area contributed by atoms with Crippen LogP contribution in [0.5, 0.6) is 5.75 Å². The standard InChI is InChI=1S/C12H16NO2.Rb/c1-12(2,3)8-5-6-10-9(7-8)13(4)11(14)15-10;/h5-7,11H,1-4H3;/q-1;+1/t11-;/m0./s1. The van der Waals surface area contributed by atoms with E-state index in [2.05, 4.69) is 20.8 Å². The van der Waals surface area contributed by atoms with Crippen molar-refractivity contribution < 1.29 is 68.0 Å². The maximum atomic E-state index is 11.4. The van der Waals surface area contributed by atoms with Crippen LogP contribution in [0.3, 0.4) is 0 Å². The van der Waals surface area contributed by atoms with E-state index in [1.807, 2.05) is 18.2 Å². The molecule has 1 aromatic carbocycles. The van der Waals surface area contributed by atoms with Gasteiger partial charge in [0.25, 0.3) is 0 Å². The van der Waals surface area contributed by atoms with Gasteiger partial charge in [-0.15, -0.1) is 0 Å². The van der Waals surface area contributed by atoms with E-state index >= 15 is 0 Å². The van der Waals surface area contributed by atoms with Crippen LogP contribution in [-0.2, 0) is 5.41 Å². The second-order valence-electron chi connectivity index (χ2n) is 4.97. The minimum Gasteiger partial charge on any atom is -0.804 e. The summed E-state index contributed by atoms with van der Waals surface area (Å²) in [4.78, 5) is 1.62. The van der Waals surface area contributed by atoms with Crippen molar-refractivity contribution in [3.05, 3.63) is 23.8 Å². The molecule has 0 aliphatic carbocycles. The molecule has 0 fully saturated rings. The molecular formula is C12H16NO2Rb. The molecule has 1 aliphatic rings. The Morgan fingerprint density at radius 3 is 2.50 bits per heavy atom. The fourth-order valence-electron chi connectivity index (χ4n) is 1.66. The predicted molar refractivity (Wildman–Crippen MR) is 58.0 cm³/mol. The van der Waals surface area contributed by atoms with Crippen LogP contribution in [0, 0.1) is 0 Å². The van der Waals surface area contributed by atoms with Crippen LogP contribution in [0.4, 0.5) is 5.69 Å². The third kappa shape index (κ3) is 2.70. The van der Waals surface area contributed by atoms with Crippen LogP contribution in [-0.4, -0.2) is 13.5 Å². The van der Waals surface area contributed by atoms with E-state index in [0.717, 1.165) is 5.69 Å². The Kier molecular flexibility index (Phi) is 4.64. The molecule has 1 heterocycles. The summed E-state index contributed by atoms with van der Waals surface area (Å²) in [6.45, 7) is 6.46. The van der Waals surface area contributed by atoms with E-state index < -0.39 is 6.41 Å². The summed E-state index contributed by atoms with van der Waals surface area (Å²) < 4.78 is 5.16. The number of hydrogen-bond acceptors (Lipinski definition) is 3. The van der Waals surface area contributed by atoms with Gasteiger partial charge in [0.2, 0.25) is 0 Å². The molecule has 0 radical (unpaired) electrons. The van der Waals surface area contributed by atoms with E-state index in [4.69, 9.17) is 4.74 Å². The van der Waals surface area contributed by atoms with Gasteiger partial charge in [0.15, 0.2) is 0 Å². The third-order valence-corrected chi connectivity index (χ3v) is 2.75. The van der Waals surface area contributed by atoms with Gasteiger partial charge in [-0.05, 0) is 23.1 Å². The molecule has 0 bridgehead atoms. The van der Waals surface area contributed by atoms with Crippen molar-refractivity contribution in [3.63, 3.8) is 0 Å². The van der Waals surface area contributed by atoms with Gasteiger partial charge in [0.1, 0.15) is 12.2 Å². The summed E-state index contributed by atoms with van der Waals surface area (Å²) in [6.07, 6.45) is -1.10. The number of anilines is 1. The zero-order valence-electron chi connectivity index (χ0n) is 10.6. The van der Waals surface area contributed by atoms with Gasteiger partial charge in [-0.3, -0.25) is 0 Å². The normalized spacial score (nSPS) is 18.8. The van der Waals surface area contributed by atoms with Crippen LogP contribution in [0.2, 0.25) is 0 Å². The topological polar surface area (TPSA) is 35.5 Å². The summed E-state index contributed by atoms with van der Waals surface area (Å²) in [6, 6.07) is 5.93. The molecule has 0 saturated carbocycles. The molecule has 1 atom stereocenters. The molecule has 82 valence electrons. The minimum atomic E-state index is -1.10. The number of nitrogens with zero attached hydrogens (tertiary/aromatic N) is 1. The molecule has 0 spiro atoms. The number of rotatable bonds is 0. The van der Waals surface area contributed by atoms with Gasteiger partial charge in [0.05, 0.1) is 5.69 Å². The van der Waals surface area contributed by atoms with Gasteiger partial charge >= 0.3 is 58.2 Å². The first kappa shape index (κ1) is 14.6. The number of ether oxygens (including phenoxy) is 1. The molecule has 0 saturated heterocycles. The Morgan fingerprint density at radius 1 is 1.31 bits per heavy atom. The van der Waals surface area contributed by atoms with Crippen molar-refractivity contribution >= 4 is 5.69 Å². The van der Waals surface area contributed by atoms with Gasteiger partial charge < -0.3 is 14.7 Å². The zero-order valence-corrected chi connectivity index (χ0v) is 15.5. The summed E-state index contributed by atoms with van der Waals surface area (Å²) in [5.41, 5.74) is 2.20. The Hall–Kier alpha value is 0.585. The summed E-state index contributed by atoms with van der Waals surface area (Å²) in [7, 11) is 1.76. The second-order valence-corrected chi connectivity index (χ2v) is 4.97. The third-order valence-electron chi connectivity index (χ3n) is 2.75. The monoisotopic (exact) mass is 291 g/mol. The van der Waals surface area contributed by atoms with Gasteiger partial charge in [-0.2, -0.15) is 0 Å². The van der Waals surface area contributed by atoms with Crippen LogP contribution in [0.15, 0.2) is 18.2 Å². The number of benzene rings is 1. The Balaban J connectivity index is 0.00000128. The molecule has 3 nitrogen and oxygen atoms in total. The molecule has 0 aromatic heterocycles. The fourth-order valence-corrected chi connectivity index (χ4v) is 1.66. The molecule has 1 aliphatic heterocycles. The first-order valence-corrected chi connectivity index (χ1v) is 5.09. The van der Waals surface area contributed by atoms with Crippen molar-refractivity contribution in [2.24, 2.45) is 0 Å². The van der Waals surface area contributed by atoms with Crippen LogP contribution in [0.1, 0.15) is 26.3 Å². The zero-order chi connectivity index (χ0) is 11.2. The molecule has 0 N–H and O–H groups in total. The van der Waals surface area contributed by atoms with Crippen LogP contribution in [0.25, 0.3) is 0 Å². The molecule has 0 amide bonds. The average Bonchev–Trinajstić information content (AvgIpc) is 2.41. The van der Waals surface area contributed by atoms with Crippen molar-refractivity contribution in [1.29, 1.82) is 0 Å². The SMILES string of the molecule is CN1c2cc(C(C)(C)C)ccc2O[C@@H]1[O-].[Rb+]. The number of hydrogen-bond donors (Lipinski definition) is 0. The smallest absolute Gasteiger partial charge is 0.804 e.